The van der Waals surface area contributed by atoms with E-state index in [4.69, 9.17) is 0 Å². The third-order valence-electron chi connectivity index (χ3n) is 2.65. The summed E-state index contributed by atoms with van der Waals surface area (Å²) in [5.74, 6) is 0. The highest BCUT2D eigenvalue weighted by atomic mass is 79.9. The fraction of sp³-hybridized carbons (Fsp3) is 0.538. The first-order valence-electron chi connectivity index (χ1n) is 5.82. The number of nitrogens with one attached hydrogen (secondary N) is 2. The zero-order valence-corrected chi connectivity index (χ0v) is 11.9. The molecule has 90 valence electrons. The second kappa shape index (κ2) is 7.05. The van der Waals surface area contributed by atoms with Gasteiger partial charge in [0, 0.05) is 23.6 Å². The van der Waals surface area contributed by atoms with Gasteiger partial charge in [-0.1, -0.05) is 28.9 Å². The number of rotatable bonds is 6. The molecular weight excluding hydrogens is 264 g/mol. The fourth-order valence-corrected chi connectivity index (χ4v) is 1.96. The lowest BCUT2D eigenvalue weighted by atomic mass is 10.1. The Hall–Kier alpha value is -0.380. The van der Waals surface area contributed by atoms with Gasteiger partial charge in [-0.2, -0.15) is 0 Å². The molecule has 0 aliphatic heterocycles. The Morgan fingerprint density at radius 1 is 1.38 bits per heavy atom. The first-order chi connectivity index (χ1) is 7.63. The number of aryl methyl sites for hydroxylation is 1. The molecular formula is C13H21BrN2. The van der Waals surface area contributed by atoms with Gasteiger partial charge < -0.3 is 10.6 Å². The van der Waals surface area contributed by atoms with Crippen molar-refractivity contribution in [2.24, 2.45) is 0 Å². The molecule has 2 nitrogen and oxygen atoms in total. The molecule has 0 aromatic heterocycles. The summed E-state index contributed by atoms with van der Waals surface area (Å²) < 4.78 is 1.15. The summed E-state index contributed by atoms with van der Waals surface area (Å²) in [4.78, 5) is 0. The van der Waals surface area contributed by atoms with E-state index in [2.05, 4.69) is 65.5 Å². The Bertz CT molecular complexity index is 326. The lowest BCUT2D eigenvalue weighted by molar-refractivity contribution is 0.508. The summed E-state index contributed by atoms with van der Waals surface area (Å²) in [6.45, 7) is 9.46. The van der Waals surface area contributed by atoms with Gasteiger partial charge >= 0.3 is 0 Å². The average Bonchev–Trinajstić information content (AvgIpc) is 2.27. The highest BCUT2D eigenvalue weighted by Crippen LogP contribution is 2.15. The predicted octanol–water partition coefficient (Wildman–Crippen LogP) is 2.85. The lowest BCUT2D eigenvalue weighted by Crippen LogP contribution is -2.35. The van der Waals surface area contributed by atoms with Crippen molar-refractivity contribution in [1.29, 1.82) is 0 Å². The van der Waals surface area contributed by atoms with Crippen LogP contribution in [0.1, 0.15) is 25.0 Å². The molecule has 0 spiro atoms. The Morgan fingerprint density at radius 2 is 2.12 bits per heavy atom. The molecule has 16 heavy (non-hydrogen) atoms. The largest absolute Gasteiger partial charge is 0.315 e. The summed E-state index contributed by atoms with van der Waals surface area (Å²) in [6, 6.07) is 6.91. The van der Waals surface area contributed by atoms with Crippen LogP contribution in [0.4, 0.5) is 0 Å². The first-order valence-corrected chi connectivity index (χ1v) is 6.62. The number of hydrogen-bond acceptors (Lipinski definition) is 2. The van der Waals surface area contributed by atoms with Crippen molar-refractivity contribution >= 4 is 15.9 Å². The quantitative estimate of drug-likeness (QED) is 0.840. The predicted molar refractivity (Wildman–Crippen MR) is 73.7 cm³/mol. The summed E-state index contributed by atoms with van der Waals surface area (Å²) in [7, 11) is 0. The van der Waals surface area contributed by atoms with Crippen LogP contribution < -0.4 is 10.6 Å². The maximum Gasteiger partial charge on any atom is 0.0211 e. The molecule has 0 saturated carbocycles. The van der Waals surface area contributed by atoms with E-state index in [-0.39, 0.29) is 0 Å². The molecule has 1 rings (SSSR count). The minimum absolute atomic E-state index is 0.498. The summed E-state index contributed by atoms with van der Waals surface area (Å²) in [5.41, 5.74) is 2.70. The minimum atomic E-state index is 0.498. The van der Waals surface area contributed by atoms with Crippen molar-refractivity contribution in [2.75, 3.05) is 13.1 Å². The first kappa shape index (κ1) is 13.7. The molecule has 0 amide bonds. The van der Waals surface area contributed by atoms with Crippen molar-refractivity contribution in [1.82, 2.24) is 10.6 Å². The van der Waals surface area contributed by atoms with Crippen LogP contribution in [-0.4, -0.2) is 19.1 Å². The Labute approximate surface area is 107 Å². The van der Waals surface area contributed by atoms with Gasteiger partial charge in [-0.15, -0.1) is 0 Å². The van der Waals surface area contributed by atoms with Gasteiger partial charge in [0.15, 0.2) is 0 Å². The van der Waals surface area contributed by atoms with Gasteiger partial charge in [-0.05, 0) is 43.7 Å². The number of halogens is 1. The van der Waals surface area contributed by atoms with Crippen molar-refractivity contribution in [2.45, 2.75) is 33.4 Å². The van der Waals surface area contributed by atoms with Crippen molar-refractivity contribution < 1.29 is 0 Å². The molecule has 1 atom stereocenters. The van der Waals surface area contributed by atoms with Crippen LogP contribution in [0, 0.1) is 6.92 Å². The van der Waals surface area contributed by atoms with Crippen LogP contribution in [0.25, 0.3) is 0 Å². The standard InChI is InChI=1S/C13H21BrN2/c1-4-15-8-11(3)16-9-12-7-13(14)6-5-10(12)2/h5-7,11,15-16H,4,8-9H2,1-3H3. The van der Waals surface area contributed by atoms with E-state index in [0.717, 1.165) is 24.1 Å². The molecule has 1 unspecified atom stereocenters. The third-order valence-corrected chi connectivity index (χ3v) is 3.15. The number of hydrogen-bond donors (Lipinski definition) is 2. The second-order valence-corrected chi connectivity index (χ2v) is 5.08. The molecule has 2 N–H and O–H groups in total. The monoisotopic (exact) mass is 284 g/mol. The summed E-state index contributed by atoms with van der Waals surface area (Å²) in [6.07, 6.45) is 0. The Morgan fingerprint density at radius 3 is 2.81 bits per heavy atom. The van der Waals surface area contributed by atoms with Crippen LogP contribution in [-0.2, 0) is 6.54 Å². The molecule has 0 saturated heterocycles. The molecule has 0 heterocycles. The van der Waals surface area contributed by atoms with Crippen molar-refractivity contribution in [3.8, 4) is 0 Å². The maximum absolute atomic E-state index is 3.52. The van der Waals surface area contributed by atoms with Gasteiger partial charge in [0.05, 0.1) is 0 Å². The van der Waals surface area contributed by atoms with E-state index in [1.165, 1.54) is 11.1 Å². The van der Waals surface area contributed by atoms with Crippen molar-refractivity contribution in [3.05, 3.63) is 33.8 Å². The highest BCUT2D eigenvalue weighted by molar-refractivity contribution is 9.10. The Balaban J connectivity index is 2.44. The molecule has 3 heteroatoms. The van der Waals surface area contributed by atoms with Crippen LogP contribution in [0.15, 0.2) is 22.7 Å². The topological polar surface area (TPSA) is 24.1 Å². The lowest BCUT2D eigenvalue weighted by Gasteiger charge is -2.15. The molecule has 0 aliphatic rings. The molecule has 0 bridgehead atoms. The van der Waals surface area contributed by atoms with Crippen LogP contribution in [0.2, 0.25) is 0 Å². The highest BCUT2D eigenvalue weighted by Gasteiger charge is 2.03. The fourth-order valence-electron chi connectivity index (χ4n) is 1.55. The zero-order valence-electron chi connectivity index (χ0n) is 10.3. The third kappa shape index (κ3) is 4.64. The second-order valence-electron chi connectivity index (χ2n) is 4.16. The van der Waals surface area contributed by atoms with E-state index in [1.807, 2.05) is 0 Å². The zero-order chi connectivity index (χ0) is 12.0. The maximum atomic E-state index is 3.52. The van der Waals surface area contributed by atoms with Gasteiger partial charge in [-0.3, -0.25) is 0 Å². The van der Waals surface area contributed by atoms with Crippen LogP contribution in [0.3, 0.4) is 0 Å². The van der Waals surface area contributed by atoms with E-state index in [0.29, 0.717) is 6.04 Å². The molecule has 0 aliphatic carbocycles. The van der Waals surface area contributed by atoms with Crippen molar-refractivity contribution in [3.63, 3.8) is 0 Å². The number of benzene rings is 1. The molecule has 0 radical (unpaired) electrons. The average molecular weight is 285 g/mol. The smallest absolute Gasteiger partial charge is 0.0211 e. The minimum Gasteiger partial charge on any atom is -0.315 e. The van der Waals surface area contributed by atoms with E-state index >= 15 is 0 Å². The van der Waals surface area contributed by atoms with Gasteiger partial charge in [-0.25, -0.2) is 0 Å². The van der Waals surface area contributed by atoms with Gasteiger partial charge in [0.2, 0.25) is 0 Å². The molecule has 1 aromatic rings. The Kier molecular flexibility index (Phi) is 6.03. The molecule has 0 fully saturated rings. The SMILES string of the molecule is CCNCC(C)NCc1cc(Br)ccc1C. The van der Waals surface area contributed by atoms with E-state index < -0.39 is 0 Å². The van der Waals surface area contributed by atoms with E-state index in [1.54, 1.807) is 0 Å². The molecule has 1 aromatic carbocycles. The summed E-state index contributed by atoms with van der Waals surface area (Å²) in [5, 5.41) is 6.86. The number of likely N-dealkylation sites (N-methyl/N-ethyl adjacent to an activating group) is 1. The van der Waals surface area contributed by atoms with Gasteiger partial charge in [0.25, 0.3) is 0 Å². The van der Waals surface area contributed by atoms with Crippen LogP contribution in [0.5, 0.6) is 0 Å². The van der Waals surface area contributed by atoms with Gasteiger partial charge in [0.1, 0.15) is 0 Å². The van der Waals surface area contributed by atoms with E-state index in [9.17, 15) is 0 Å². The van der Waals surface area contributed by atoms with Crippen LogP contribution >= 0.6 is 15.9 Å². The normalized spacial score (nSPS) is 12.8. The summed E-state index contributed by atoms with van der Waals surface area (Å²) >= 11 is 3.51.